The van der Waals surface area contributed by atoms with Gasteiger partial charge in [0.25, 0.3) is 0 Å². The number of hydrogen-bond acceptors (Lipinski definition) is 6. The summed E-state index contributed by atoms with van der Waals surface area (Å²) in [5, 5.41) is 9.61. The van der Waals surface area contributed by atoms with Gasteiger partial charge in [0.15, 0.2) is 5.60 Å². The Bertz CT molecular complexity index is 832. The first-order chi connectivity index (χ1) is 9.94. The number of hydroxylamine groups is 1. The van der Waals surface area contributed by atoms with Gasteiger partial charge in [0.2, 0.25) is 5.78 Å². The molecule has 0 radical (unpaired) electrons. The molecule has 0 aliphatic carbocycles. The lowest BCUT2D eigenvalue weighted by Crippen LogP contribution is -2.42. The Hall–Kier alpha value is -2.60. The van der Waals surface area contributed by atoms with E-state index in [2.05, 4.69) is 0 Å². The highest BCUT2D eigenvalue weighted by Crippen LogP contribution is 2.41. The zero-order valence-electron chi connectivity index (χ0n) is 11.5. The van der Waals surface area contributed by atoms with Crippen LogP contribution in [0.4, 0.5) is 0 Å². The van der Waals surface area contributed by atoms with E-state index in [0.29, 0.717) is 16.7 Å². The standard InChI is InChI=1S/C15H13NO5/c1-15(2)14(18)9(7-16-19)12-10(21-15)5-3-8-4-6-11(17)20-13(8)12/h3-7,16,19H,1-2H3/b9-7-. The van der Waals surface area contributed by atoms with Crippen molar-refractivity contribution in [1.82, 2.24) is 5.48 Å². The minimum Gasteiger partial charge on any atom is -0.479 e. The highest BCUT2D eigenvalue weighted by molar-refractivity contribution is 6.28. The maximum Gasteiger partial charge on any atom is 0.336 e. The van der Waals surface area contributed by atoms with E-state index in [1.807, 2.05) is 5.48 Å². The molecule has 0 spiro atoms. The van der Waals surface area contributed by atoms with Gasteiger partial charge in [0.1, 0.15) is 11.3 Å². The monoisotopic (exact) mass is 287 g/mol. The molecule has 0 amide bonds. The lowest BCUT2D eigenvalue weighted by molar-refractivity contribution is -0.126. The molecule has 2 heterocycles. The molecule has 0 atom stereocenters. The molecule has 1 aromatic heterocycles. The highest BCUT2D eigenvalue weighted by atomic mass is 16.5. The van der Waals surface area contributed by atoms with Crippen LogP contribution in [-0.2, 0) is 4.79 Å². The fraction of sp³-hybridized carbons (Fsp3) is 0.200. The van der Waals surface area contributed by atoms with Crippen molar-refractivity contribution in [2.75, 3.05) is 0 Å². The molecule has 0 saturated heterocycles. The first-order valence-corrected chi connectivity index (χ1v) is 6.35. The largest absolute Gasteiger partial charge is 0.479 e. The summed E-state index contributed by atoms with van der Waals surface area (Å²) in [7, 11) is 0. The van der Waals surface area contributed by atoms with E-state index in [9.17, 15) is 9.59 Å². The van der Waals surface area contributed by atoms with Crippen molar-refractivity contribution in [1.29, 1.82) is 0 Å². The van der Waals surface area contributed by atoms with E-state index in [0.717, 1.165) is 6.20 Å². The van der Waals surface area contributed by atoms with Gasteiger partial charge >= 0.3 is 5.63 Å². The van der Waals surface area contributed by atoms with E-state index in [1.165, 1.54) is 6.07 Å². The topological polar surface area (TPSA) is 88.8 Å². The molecule has 2 aromatic rings. The summed E-state index contributed by atoms with van der Waals surface area (Å²) in [6, 6.07) is 6.36. The Morgan fingerprint density at radius 2 is 1.90 bits per heavy atom. The minimum atomic E-state index is -1.07. The van der Waals surface area contributed by atoms with Crippen LogP contribution >= 0.6 is 0 Å². The van der Waals surface area contributed by atoms with E-state index >= 15 is 0 Å². The number of nitrogens with one attached hydrogen (secondary N) is 1. The average molecular weight is 287 g/mol. The first-order valence-electron chi connectivity index (χ1n) is 6.35. The van der Waals surface area contributed by atoms with Crippen LogP contribution in [0.3, 0.4) is 0 Å². The number of hydrogen-bond donors (Lipinski definition) is 2. The molecule has 0 bridgehead atoms. The average Bonchev–Trinajstić information content (AvgIpc) is 2.43. The van der Waals surface area contributed by atoms with Crippen molar-refractivity contribution in [3.63, 3.8) is 0 Å². The van der Waals surface area contributed by atoms with Crippen LogP contribution in [0.15, 0.2) is 39.7 Å². The second kappa shape index (κ2) is 4.46. The van der Waals surface area contributed by atoms with Gasteiger partial charge in [-0.2, -0.15) is 0 Å². The Kier molecular flexibility index (Phi) is 2.84. The quantitative estimate of drug-likeness (QED) is 0.473. The predicted molar refractivity (Wildman–Crippen MR) is 75.1 cm³/mol. The first kappa shape index (κ1) is 13.4. The number of ether oxygens (including phenoxy) is 1. The summed E-state index contributed by atoms with van der Waals surface area (Å²) >= 11 is 0. The number of carbonyl (C=O) groups excluding carboxylic acids is 1. The number of ketones is 1. The molecule has 21 heavy (non-hydrogen) atoms. The van der Waals surface area contributed by atoms with Crippen LogP contribution in [0, 0.1) is 0 Å². The van der Waals surface area contributed by atoms with Crippen LogP contribution in [0.5, 0.6) is 5.75 Å². The van der Waals surface area contributed by atoms with Crippen molar-refractivity contribution < 1.29 is 19.2 Å². The van der Waals surface area contributed by atoms with Gasteiger partial charge in [-0.15, -0.1) is 0 Å². The third-order valence-electron chi connectivity index (χ3n) is 3.39. The predicted octanol–water partition coefficient (Wildman–Crippen LogP) is 1.85. The molecule has 1 aromatic carbocycles. The van der Waals surface area contributed by atoms with Crippen LogP contribution < -0.4 is 15.8 Å². The lowest BCUT2D eigenvalue weighted by Gasteiger charge is -2.32. The number of Topliss-reactive ketones (excluding diaryl/α,β-unsaturated/α-hetero) is 1. The van der Waals surface area contributed by atoms with Gasteiger partial charge in [0.05, 0.1) is 11.1 Å². The maximum atomic E-state index is 12.5. The molecular formula is C15H13NO5. The normalized spacial score (nSPS) is 18.4. The van der Waals surface area contributed by atoms with Crippen LogP contribution in [0.1, 0.15) is 19.4 Å². The zero-order chi connectivity index (χ0) is 15.2. The van der Waals surface area contributed by atoms with E-state index < -0.39 is 11.2 Å². The Labute approximate surface area is 119 Å². The van der Waals surface area contributed by atoms with Gasteiger partial charge in [-0.25, -0.2) is 4.79 Å². The molecule has 0 saturated carbocycles. The van der Waals surface area contributed by atoms with Crippen molar-refractivity contribution in [3.05, 3.63) is 46.4 Å². The number of benzene rings is 1. The number of fused-ring (bicyclic) bond motifs is 3. The van der Waals surface area contributed by atoms with Crippen LogP contribution in [0.2, 0.25) is 0 Å². The summed E-state index contributed by atoms with van der Waals surface area (Å²) in [6.07, 6.45) is 1.16. The van der Waals surface area contributed by atoms with Gasteiger partial charge in [-0.3, -0.25) is 15.5 Å². The second-order valence-electron chi connectivity index (χ2n) is 5.24. The summed E-state index contributed by atoms with van der Waals surface area (Å²) in [4.78, 5) is 23.9. The lowest BCUT2D eigenvalue weighted by atomic mass is 9.87. The molecule has 1 aliphatic rings. The summed E-state index contributed by atoms with van der Waals surface area (Å²) < 4.78 is 10.9. The third kappa shape index (κ3) is 2.00. The van der Waals surface area contributed by atoms with Crippen molar-refractivity contribution in [2.45, 2.75) is 19.4 Å². The second-order valence-corrected chi connectivity index (χ2v) is 5.24. The Balaban J connectivity index is 2.41. The maximum absolute atomic E-state index is 12.5. The molecule has 0 unspecified atom stereocenters. The Morgan fingerprint density at radius 3 is 2.62 bits per heavy atom. The molecule has 108 valence electrons. The summed E-state index contributed by atoms with van der Waals surface area (Å²) in [5.74, 6) is 0.0958. The third-order valence-corrected chi connectivity index (χ3v) is 3.39. The smallest absolute Gasteiger partial charge is 0.336 e. The summed E-state index contributed by atoms with van der Waals surface area (Å²) in [5.41, 5.74) is 1.08. The minimum absolute atomic E-state index is 0.198. The van der Waals surface area contributed by atoms with E-state index in [1.54, 1.807) is 32.0 Å². The van der Waals surface area contributed by atoms with Gasteiger partial charge < -0.3 is 9.15 Å². The molecular weight excluding hydrogens is 274 g/mol. The molecule has 3 rings (SSSR count). The molecule has 0 fully saturated rings. The van der Waals surface area contributed by atoms with Crippen LogP contribution in [0.25, 0.3) is 16.5 Å². The van der Waals surface area contributed by atoms with Gasteiger partial charge in [-0.1, -0.05) is 0 Å². The fourth-order valence-corrected chi connectivity index (χ4v) is 2.42. The highest BCUT2D eigenvalue weighted by Gasteiger charge is 2.40. The SMILES string of the molecule is CC1(C)Oc2ccc3ccc(=O)oc3c2/C(=C/NO)C1=O. The fourth-order valence-electron chi connectivity index (χ4n) is 2.42. The van der Waals surface area contributed by atoms with Gasteiger partial charge in [0, 0.05) is 17.7 Å². The van der Waals surface area contributed by atoms with Crippen molar-refractivity contribution in [3.8, 4) is 5.75 Å². The zero-order valence-corrected chi connectivity index (χ0v) is 11.5. The van der Waals surface area contributed by atoms with Gasteiger partial charge in [-0.05, 0) is 32.0 Å². The molecule has 2 N–H and O–H groups in total. The summed E-state index contributed by atoms with van der Waals surface area (Å²) in [6.45, 7) is 3.27. The number of carbonyl (C=O) groups is 1. The van der Waals surface area contributed by atoms with Crippen molar-refractivity contribution >= 4 is 22.3 Å². The van der Waals surface area contributed by atoms with Crippen molar-refractivity contribution in [2.24, 2.45) is 0 Å². The molecule has 1 aliphatic heterocycles. The number of rotatable bonds is 1. The van der Waals surface area contributed by atoms with E-state index in [4.69, 9.17) is 14.4 Å². The van der Waals surface area contributed by atoms with Crippen LogP contribution in [-0.4, -0.2) is 16.6 Å². The van der Waals surface area contributed by atoms with E-state index in [-0.39, 0.29) is 16.9 Å². The Morgan fingerprint density at radius 1 is 1.19 bits per heavy atom. The molecule has 6 nitrogen and oxygen atoms in total. The molecule has 6 heteroatoms.